The molecule has 292 valence electrons. The van der Waals surface area contributed by atoms with Crippen LogP contribution in [0.2, 0.25) is 0 Å². The first-order valence-corrected chi connectivity index (χ1v) is 18.1. The van der Waals surface area contributed by atoms with Crippen molar-refractivity contribution in [2.24, 2.45) is 17.8 Å². The van der Waals surface area contributed by atoms with Gasteiger partial charge in [0, 0.05) is 0 Å². The van der Waals surface area contributed by atoms with E-state index in [1.54, 1.807) is 25.1 Å². The number of carbonyl (C=O) groups excluding carboxylic acids is 1. The second-order valence-corrected chi connectivity index (χ2v) is 14.6. The van der Waals surface area contributed by atoms with Crippen molar-refractivity contribution < 1.29 is 78.6 Å². The van der Waals surface area contributed by atoms with Gasteiger partial charge in [-0.25, -0.2) is 9.59 Å². The molecule has 16 nitrogen and oxygen atoms in total. The number of aliphatic carboxylic acids is 2. The van der Waals surface area contributed by atoms with Crippen molar-refractivity contribution in [3.8, 4) is 0 Å². The number of carboxylic acid groups (broad SMARTS) is 2. The average molecular weight is 741 g/mol. The number of ether oxygens (including phenoxy) is 6. The Balaban J connectivity index is 1.47. The summed E-state index contributed by atoms with van der Waals surface area (Å²) in [4.78, 5) is 38.3. The SMILES string of the molecule is C[C@@H]1O[C@@H](O[C@@H]2[C@@H](C)C[C@@H](C(=O)O)C[C@H]2O[C@@H]2O[C@H](CO)[C@H](O)[C@H](O[C@@H](CC3CCCCC3)C(=O)O)[C@H]2OC(=O)c2ccccc2)[C@@H](O)[C@H](O)[C@@H]1O. The zero-order valence-corrected chi connectivity index (χ0v) is 29.3. The molecule has 0 amide bonds. The van der Waals surface area contributed by atoms with Gasteiger partial charge in [-0.3, -0.25) is 4.79 Å². The molecule has 7 N–H and O–H groups in total. The van der Waals surface area contributed by atoms with E-state index in [0.29, 0.717) is 0 Å². The Morgan fingerprint density at radius 2 is 1.50 bits per heavy atom. The predicted molar refractivity (Wildman–Crippen MR) is 177 cm³/mol. The Morgan fingerprint density at radius 3 is 2.13 bits per heavy atom. The van der Waals surface area contributed by atoms with E-state index >= 15 is 0 Å². The lowest BCUT2D eigenvalue weighted by Crippen LogP contribution is -2.64. The summed E-state index contributed by atoms with van der Waals surface area (Å²) in [5.41, 5.74) is 0.118. The molecule has 52 heavy (non-hydrogen) atoms. The summed E-state index contributed by atoms with van der Waals surface area (Å²) >= 11 is 0. The Morgan fingerprint density at radius 1 is 0.808 bits per heavy atom. The van der Waals surface area contributed by atoms with Crippen LogP contribution in [0.4, 0.5) is 0 Å². The fraction of sp³-hybridized carbons (Fsp3) is 0.750. The highest BCUT2D eigenvalue weighted by molar-refractivity contribution is 5.89. The summed E-state index contributed by atoms with van der Waals surface area (Å²) in [7, 11) is 0. The molecule has 2 aliphatic heterocycles. The van der Waals surface area contributed by atoms with E-state index in [9.17, 15) is 50.1 Å². The van der Waals surface area contributed by atoms with Crippen molar-refractivity contribution in [2.75, 3.05) is 6.61 Å². The van der Waals surface area contributed by atoms with Crippen LogP contribution in [-0.2, 0) is 38.0 Å². The van der Waals surface area contributed by atoms with Crippen LogP contribution in [0, 0.1) is 17.8 Å². The molecular formula is C36H52O16. The first-order chi connectivity index (χ1) is 24.8. The molecule has 2 heterocycles. The molecule has 5 rings (SSSR count). The molecule has 2 saturated carbocycles. The molecule has 0 spiro atoms. The van der Waals surface area contributed by atoms with Crippen molar-refractivity contribution in [3.63, 3.8) is 0 Å². The molecule has 2 aliphatic carbocycles. The monoisotopic (exact) mass is 740 g/mol. The zero-order chi connectivity index (χ0) is 37.7. The summed E-state index contributed by atoms with van der Waals surface area (Å²) in [6.07, 6.45) is -14.0. The molecule has 0 radical (unpaired) electrons. The number of aliphatic hydroxyl groups is 5. The standard InChI is InChI=1S/C36H52O16/c1-17-13-21(32(42)43)15-22(29(17)52-35-28(41)27(40)25(38)18(2)47-35)49-36-31(51-34(46)20-11-7-4-8-12-20)30(26(39)24(16-37)50-36)48-23(33(44)45)14-19-9-5-3-6-10-19/h4,7-8,11-12,17-19,21-31,35-41H,3,5-6,9-10,13-16H2,1-2H3,(H,42,43)(H,44,45)/t17-,18-,21+,22+,23-,24+,25+,26-,27+,28-,29+,30-,31+,35-,36+/m0/s1. The molecule has 0 unspecified atom stereocenters. The number of rotatable bonds is 13. The molecular weight excluding hydrogens is 688 g/mol. The number of hydrogen-bond acceptors (Lipinski definition) is 14. The number of carbonyl (C=O) groups is 3. The lowest BCUT2D eigenvalue weighted by molar-refractivity contribution is -0.349. The second kappa shape index (κ2) is 18.0. The normalized spacial score (nSPS) is 39.4. The van der Waals surface area contributed by atoms with E-state index in [1.165, 1.54) is 19.1 Å². The first-order valence-electron chi connectivity index (χ1n) is 18.1. The van der Waals surface area contributed by atoms with Crippen LogP contribution >= 0.6 is 0 Å². The van der Waals surface area contributed by atoms with Crippen LogP contribution in [-0.4, -0.2) is 140 Å². The summed E-state index contributed by atoms with van der Waals surface area (Å²) in [5, 5.41) is 73.3. The van der Waals surface area contributed by atoms with Crippen LogP contribution in [0.3, 0.4) is 0 Å². The fourth-order valence-electron chi connectivity index (χ4n) is 7.80. The highest BCUT2D eigenvalue weighted by atomic mass is 16.7. The van der Waals surface area contributed by atoms with Gasteiger partial charge in [0.2, 0.25) is 0 Å². The van der Waals surface area contributed by atoms with Gasteiger partial charge in [0.15, 0.2) is 24.8 Å². The van der Waals surface area contributed by atoms with Crippen LogP contribution < -0.4 is 0 Å². The van der Waals surface area contributed by atoms with Crippen molar-refractivity contribution in [1.29, 1.82) is 0 Å². The maximum atomic E-state index is 13.5. The number of esters is 1. The number of carboxylic acids is 2. The largest absolute Gasteiger partial charge is 0.481 e. The maximum absolute atomic E-state index is 13.5. The molecule has 0 aromatic heterocycles. The molecule has 1 aromatic carbocycles. The Bertz CT molecular complexity index is 1320. The summed E-state index contributed by atoms with van der Waals surface area (Å²) in [6.45, 7) is 2.42. The summed E-state index contributed by atoms with van der Waals surface area (Å²) < 4.78 is 36.2. The first kappa shape index (κ1) is 40.4. The van der Waals surface area contributed by atoms with Crippen LogP contribution in [0.25, 0.3) is 0 Å². The lowest BCUT2D eigenvalue weighted by Gasteiger charge is -2.48. The van der Waals surface area contributed by atoms with E-state index in [1.807, 2.05) is 0 Å². The molecule has 16 heteroatoms. The quantitative estimate of drug-likeness (QED) is 0.138. The Kier molecular flexibility index (Phi) is 14.0. The number of hydrogen-bond donors (Lipinski definition) is 7. The highest BCUT2D eigenvalue weighted by Gasteiger charge is 2.53. The maximum Gasteiger partial charge on any atom is 0.338 e. The molecule has 15 atom stereocenters. The van der Waals surface area contributed by atoms with Gasteiger partial charge in [-0.1, -0.05) is 57.2 Å². The van der Waals surface area contributed by atoms with Crippen molar-refractivity contribution in [2.45, 2.75) is 145 Å². The van der Waals surface area contributed by atoms with Crippen LogP contribution in [0.15, 0.2) is 30.3 Å². The van der Waals surface area contributed by atoms with Crippen molar-refractivity contribution in [3.05, 3.63) is 35.9 Å². The van der Waals surface area contributed by atoms with E-state index in [2.05, 4.69) is 0 Å². The van der Waals surface area contributed by atoms with Crippen molar-refractivity contribution in [1.82, 2.24) is 0 Å². The number of aliphatic hydroxyl groups excluding tert-OH is 5. The lowest BCUT2D eigenvalue weighted by atomic mass is 9.78. The van der Waals surface area contributed by atoms with Gasteiger partial charge >= 0.3 is 17.9 Å². The van der Waals surface area contributed by atoms with Gasteiger partial charge in [0.1, 0.15) is 36.6 Å². The van der Waals surface area contributed by atoms with Gasteiger partial charge in [-0.05, 0) is 50.2 Å². The molecule has 2 saturated heterocycles. The minimum absolute atomic E-state index is 0.0483. The van der Waals surface area contributed by atoms with Gasteiger partial charge in [0.25, 0.3) is 0 Å². The predicted octanol–water partition coefficient (Wildman–Crippen LogP) is 0.828. The summed E-state index contributed by atoms with van der Waals surface area (Å²) in [5.74, 6) is -4.72. The third kappa shape index (κ3) is 9.47. The van der Waals surface area contributed by atoms with E-state index < -0.39 is 116 Å². The minimum atomic E-state index is -1.68. The third-order valence-corrected chi connectivity index (χ3v) is 10.8. The van der Waals surface area contributed by atoms with Gasteiger partial charge in [0.05, 0.1) is 36.4 Å². The van der Waals surface area contributed by atoms with Gasteiger partial charge < -0.3 is 64.2 Å². The van der Waals surface area contributed by atoms with E-state index in [-0.39, 0.29) is 30.7 Å². The molecule has 1 aromatic rings. The molecule has 4 fully saturated rings. The third-order valence-electron chi connectivity index (χ3n) is 10.8. The van der Waals surface area contributed by atoms with Gasteiger partial charge in [-0.15, -0.1) is 0 Å². The number of benzene rings is 1. The molecule has 0 bridgehead atoms. The van der Waals surface area contributed by atoms with Crippen molar-refractivity contribution >= 4 is 17.9 Å². The van der Waals surface area contributed by atoms with Crippen LogP contribution in [0.5, 0.6) is 0 Å². The van der Waals surface area contributed by atoms with Crippen LogP contribution in [0.1, 0.15) is 75.6 Å². The van der Waals surface area contributed by atoms with Gasteiger partial charge in [-0.2, -0.15) is 0 Å². The Labute approximate surface area is 301 Å². The second-order valence-electron chi connectivity index (χ2n) is 14.6. The fourth-order valence-corrected chi connectivity index (χ4v) is 7.80. The molecule has 4 aliphatic rings. The Hall–Kier alpha value is -2.77. The highest BCUT2D eigenvalue weighted by Crippen LogP contribution is 2.39. The zero-order valence-electron chi connectivity index (χ0n) is 29.3. The van der Waals surface area contributed by atoms with E-state index in [0.717, 1.165) is 32.1 Å². The summed E-state index contributed by atoms with van der Waals surface area (Å²) in [6, 6.07) is 7.87. The van der Waals surface area contributed by atoms with E-state index in [4.69, 9.17) is 28.4 Å². The average Bonchev–Trinajstić information content (AvgIpc) is 3.13. The topological polar surface area (TPSA) is 248 Å². The smallest absolute Gasteiger partial charge is 0.338 e. The minimum Gasteiger partial charge on any atom is -0.481 e.